The summed E-state index contributed by atoms with van der Waals surface area (Å²) in [6, 6.07) is 2.79. The summed E-state index contributed by atoms with van der Waals surface area (Å²) in [5, 5.41) is 4.41. The number of anilines is 2. The van der Waals surface area contributed by atoms with Crippen molar-refractivity contribution >= 4 is 28.4 Å². The highest BCUT2D eigenvalue weighted by molar-refractivity contribution is 5.85. The molecule has 2 saturated heterocycles. The predicted octanol–water partition coefficient (Wildman–Crippen LogP) is 2.49. The van der Waals surface area contributed by atoms with Crippen molar-refractivity contribution in [2.24, 2.45) is 5.41 Å². The number of likely N-dealkylation sites (tertiary alicyclic amines) is 1. The van der Waals surface area contributed by atoms with E-state index in [2.05, 4.69) is 32.1 Å². The number of nitrogens with zero attached hydrogens (tertiary/aromatic N) is 6. The molecule has 0 saturated carbocycles. The molecule has 3 aromatic rings. The Morgan fingerprint density at radius 2 is 1.91 bits per heavy atom. The van der Waals surface area contributed by atoms with Gasteiger partial charge in [0.25, 0.3) is 0 Å². The predicted molar refractivity (Wildman–Crippen MR) is 134 cm³/mol. The van der Waals surface area contributed by atoms with Gasteiger partial charge in [0, 0.05) is 25.5 Å². The van der Waals surface area contributed by atoms with Crippen molar-refractivity contribution in [3.8, 4) is 5.75 Å². The number of piperidine rings is 1. The normalized spacial score (nSPS) is 20.7. The third kappa shape index (κ3) is 4.10. The molecule has 3 aromatic heterocycles. The first-order chi connectivity index (χ1) is 17.0. The molecule has 1 aliphatic carbocycles. The molecule has 0 unspecified atom stereocenters. The maximum Gasteiger partial charge on any atom is 0.222 e. The van der Waals surface area contributed by atoms with Gasteiger partial charge in [-0.1, -0.05) is 6.08 Å². The minimum absolute atomic E-state index is 0.135. The van der Waals surface area contributed by atoms with E-state index < -0.39 is 0 Å². The van der Waals surface area contributed by atoms with Gasteiger partial charge in [-0.2, -0.15) is 10.1 Å². The van der Waals surface area contributed by atoms with Gasteiger partial charge < -0.3 is 25.8 Å². The fraction of sp³-hybridized carbons (Fsp3) is 0.520. The lowest BCUT2D eigenvalue weighted by Crippen LogP contribution is -2.48. The first-order valence-electron chi connectivity index (χ1n) is 12.3. The van der Waals surface area contributed by atoms with Crippen LogP contribution in [0.25, 0.3) is 16.6 Å². The van der Waals surface area contributed by atoms with Gasteiger partial charge in [-0.3, -0.25) is 9.67 Å². The number of nitrogens with two attached hydrogens (primary N) is 2. The van der Waals surface area contributed by atoms with Crippen LogP contribution in [0.1, 0.15) is 43.4 Å². The number of nitrogen functional groups attached to an aromatic ring is 2. The molecule has 4 N–H and O–H groups in total. The molecule has 184 valence electrons. The Balaban J connectivity index is 1.16. The van der Waals surface area contributed by atoms with Crippen molar-refractivity contribution in [1.82, 2.24) is 29.6 Å². The van der Waals surface area contributed by atoms with E-state index in [4.69, 9.17) is 25.9 Å². The number of methoxy groups -OCH3 is 1. The van der Waals surface area contributed by atoms with Crippen molar-refractivity contribution in [2.75, 3.05) is 44.9 Å². The summed E-state index contributed by atoms with van der Waals surface area (Å²) in [5.41, 5.74) is 16.6. The Hall–Kier alpha value is -3.24. The number of hydrogen-bond donors (Lipinski definition) is 2. The number of rotatable bonds is 5. The van der Waals surface area contributed by atoms with Crippen molar-refractivity contribution in [1.29, 1.82) is 0 Å². The lowest BCUT2D eigenvalue weighted by atomic mass is 9.64. The average molecular weight is 477 g/mol. The smallest absolute Gasteiger partial charge is 0.222 e. The fourth-order valence-corrected chi connectivity index (χ4v) is 5.86. The van der Waals surface area contributed by atoms with E-state index in [0.717, 1.165) is 36.6 Å². The van der Waals surface area contributed by atoms with Gasteiger partial charge in [-0.15, -0.1) is 0 Å². The third-order valence-corrected chi connectivity index (χ3v) is 7.88. The Bertz CT molecular complexity index is 1270. The van der Waals surface area contributed by atoms with E-state index in [1.54, 1.807) is 18.0 Å². The second-order valence-electron chi connectivity index (χ2n) is 9.96. The number of allylic oxidation sites excluding steroid dienone is 2. The molecule has 10 nitrogen and oxygen atoms in total. The summed E-state index contributed by atoms with van der Waals surface area (Å²) in [7, 11) is 1.67. The van der Waals surface area contributed by atoms with Crippen LogP contribution in [-0.4, -0.2) is 69.1 Å². The van der Waals surface area contributed by atoms with E-state index in [1.165, 1.54) is 44.3 Å². The van der Waals surface area contributed by atoms with Crippen LogP contribution in [0.15, 0.2) is 24.5 Å². The number of hydrogen-bond acceptors (Lipinski definition) is 9. The molecule has 2 fully saturated rings. The zero-order valence-electron chi connectivity index (χ0n) is 20.1. The second kappa shape index (κ2) is 8.76. The highest BCUT2D eigenvalue weighted by Gasteiger charge is 2.41. The number of ether oxygens (including phenoxy) is 2. The van der Waals surface area contributed by atoms with E-state index >= 15 is 0 Å². The van der Waals surface area contributed by atoms with Crippen molar-refractivity contribution < 1.29 is 9.47 Å². The van der Waals surface area contributed by atoms with Crippen molar-refractivity contribution in [2.45, 2.75) is 44.7 Å². The fourth-order valence-electron chi connectivity index (χ4n) is 5.86. The van der Waals surface area contributed by atoms with E-state index in [1.807, 2.05) is 6.20 Å². The molecular formula is C25H32N8O2. The average Bonchev–Trinajstić information content (AvgIpc) is 3.26. The third-order valence-electron chi connectivity index (χ3n) is 7.88. The number of fused-ring (bicyclic) bond motifs is 1. The highest BCUT2D eigenvalue weighted by atomic mass is 16.5. The van der Waals surface area contributed by atoms with Gasteiger partial charge in [-0.25, -0.2) is 4.98 Å². The van der Waals surface area contributed by atoms with Gasteiger partial charge in [-0.05, 0) is 67.8 Å². The molecule has 0 bridgehead atoms. The standard InChI is InChI=1S/C25H32N8O2/c1-34-21-10-16(13-28-20(21)15-33-22-19(14-29-33)30-24(27)31-23(22)26)17-11-25(12-17)4-6-32(7-5-25)18-2-8-35-9-3-18/h10-11,13-14,18H,2-9,12,15H2,1H3,(H4,26,27,30,31). The Labute approximate surface area is 204 Å². The van der Waals surface area contributed by atoms with Gasteiger partial charge in [0.05, 0.1) is 19.9 Å². The van der Waals surface area contributed by atoms with E-state index in [9.17, 15) is 0 Å². The monoisotopic (exact) mass is 476 g/mol. The summed E-state index contributed by atoms with van der Waals surface area (Å²) >= 11 is 0. The number of pyridine rings is 1. The molecule has 2 aliphatic heterocycles. The Morgan fingerprint density at radius 3 is 2.66 bits per heavy atom. The molecule has 0 amide bonds. The quantitative estimate of drug-likeness (QED) is 0.570. The first-order valence-corrected chi connectivity index (χ1v) is 12.3. The molecule has 0 aromatic carbocycles. The summed E-state index contributed by atoms with van der Waals surface area (Å²) < 4.78 is 13.0. The minimum Gasteiger partial charge on any atom is -0.495 e. The first kappa shape index (κ1) is 22.2. The van der Waals surface area contributed by atoms with Crippen molar-refractivity contribution in [3.05, 3.63) is 35.8 Å². The summed E-state index contributed by atoms with van der Waals surface area (Å²) in [4.78, 5) is 15.7. The molecular weight excluding hydrogens is 444 g/mol. The largest absolute Gasteiger partial charge is 0.495 e. The van der Waals surface area contributed by atoms with E-state index in [0.29, 0.717) is 34.9 Å². The van der Waals surface area contributed by atoms with Gasteiger partial charge in [0.2, 0.25) is 5.95 Å². The summed E-state index contributed by atoms with van der Waals surface area (Å²) in [5.74, 6) is 1.17. The molecule has 5 heterocycles. The topological polar surface area (TPSA) is 130 Å². The zero-order chi connectivity index (χ0) is 24.0. The van der Waals surface area contributed by atoms with Crippen molar-refractivity contribution in [3.63, 3.8) is 0 Å². The van der Waals surface area contributed by atoms with Crippen LogP contribution < -0.4 is 16.2 Å². The van der Waals surface area contributed by atoms with Crippen LogP contribution in [-0.2, 0) is 11.3 Å². The lowest BCUT2D eigenvalue weighted by Gasteiger charge is -2.48. The molecule has 35 heavy (non-hydrogen) atoms. The number of aromatic nitrogens is 5. The molecule has 6 rings (SSSR count). The molecule has 10 heteroatoms. The summed E-state index contributed by atoms with van der Waals surface area (Å²) in [6.07, 6.45) is 12.0. The zero-order valence-corrected chi connectivity index (χ0v) is 20.1. The maximum atomic E-state index is 6.08. The van der Waals surface area contributed by atoms with Crippen LogP contribution in [0.3, 0.4) is 0 Å². The van der Waals surface area contributed by atoms with Gasteiger partial charge in [0.15, 0.2) is 5.82 Å². The minimum atomic E-state index is 0.135. The van der Waals surface area contributed by atoms with Gasteiger partial charge >= 0.3 is 0 Å². The SMILES string of the molecule is COc1cc(C2=CC3(CCN(C4CCOCC4)CC3)C2)cnc1Cn1ncc2nc(N)nc(N)c21. The highest BCUT2D eigenvalue weighted by Crippen LogP contribution is 2.51. The molecule has 1 spiro atoms. The van der Waals surface area contributed by atoms with Crippen LogP contribution in [0.2, 0.25) is 0 Å². The lowest BCUT2D eigenvalue weighted by molar-refractivity contribution is 0.0121. The van der Waals surface area contributed by atoms with Crippen LogP contribution >= 0.6 is 0 Å². The molecule has 0 radical (unpaired) electrons. The van der Waals surface area contributed by atoms with Crippen LogP contribution in [0.5, 0.6) is 5.75 Å². The molecule has 3 aliphatic rings. The van der Waals surface area contributed by atoms with Crippen LogP contribution in [0, 0.1) is 5.41 Å². The molecule has 0 atom stereocenters. The summed E-state index contributed by atoms with van der Waals surface area (Å²) in [6.45, 7) is 4.59. The van der Waals surface area contributed by atoms with E-state index in [-0.39, 0.29) is 5.95 Å². The Morgan fingerprint density at radius 1 is 1.14 bits per heavy atom. The van der Waals surface area contributed by atoms with Crippen LogP contribution in [0.4, 0.5) is 11.8 Å². The van der Waals surface area contributed by atoms with Gasteiger partial charge in [0.1, 0.15) is 22.5 Å². The maximum absolute atomic E-state index is 6.08. The second-order valence-corrected chi connectivity index (χ2v) is 9.96. The Kier molecular flexibility index (Phi) is 5.57.